The summed E-state index contributed by atoms with van der Waals surface area (Å²) in [5.74, 6) is -0.0783. The number of aromatic nitrogens is 3. The second-order valence-electron chi connectivity index (χ2n) is 5.22. The minimum atomic E-state index is -0.0783. The van der Waals surface area contributed by atoms with Gasteiger partial charge in [0.1, 0.15) is 0 Å². The third kappa shape index (κ3) is 3.73. The van der Waals surface area contributed by atoms with Gasteiger partial charge in [0, 0.05) is 35.7 Å². The zero-order valence-electron chi connectivity index (χ0n) is 12.6. The number of hydrogen-bond donors (Lipinski definition) is 2. The van der Waals surface area contributed by atoms with Crippen LogP contribution in [0.5, 0.6) is 0 Å². The van der Waals surface area contributed by atoms with Gasteiger partial charge >= 0.3 is 0 Å². The van der Waals surface area contributed by atoms with Crippen LogP contribution in [0.3, 0.4) is 0 Å². The molecule has 0 aliphatic carbocycles. The number of carbonyl (C=O) groups excluding carboxylic acids is 1. The molecule has 0 saturated heterocycles. The summed E-state index contributed by atoms with van der Waals surface area (Å²) in [4.78, 5) is 19.3. The fraction of sp³-hybridized carbons (Fsp3) is 0.118. The molecule has 0 spiro atoms. The first-order chi connectivity index (χ1) is 11.1. The van der Waals surface area contributed by atoms with Crippen LogP contribution < -0.4 is 5.32 Å². The molecule has 23 heavy (non-hydrogen) atoms. The van der Waals surface area contributed by atoms with Gasteiger partial charge < -0.3 is 10.3 Å². The Labute approximate surface area is 139 Å². The minimum absolute atomic E-state index is 0.0783. The number of nitrogens with one attached hydrogen (secondary N) is 2. The number of anilines is 1. The molecule has 1 amide bonds. The van der Waals surface area contributed by atoms with Gasteiger partial charge in [-0.3, -0.25) is 14.3 Å². The Bertz CT molecular complexity index is 880. The quantitative estimate of drug-likeness (QED) is 0.723. The molecule has 6 heteroatoms. The molecule has 116 valence electrons. The van der Waals surface area contributed by atoms with E-state index in [4.69, 9.17) is 12.2 Å². The number of nitrogens with zero attached hydrogens (tertiary/aromatic N) is 2. The van der Waals surface area contributed by atoms with E-state index >= 15 is 0 Å². The molecule has 0 fully saturated rings. The maximum atomic E-state index is 12.2. The molecule has 0 unspecified atom stereocenters. The minimum Gasteiger partial charge on any atom is -0.337 e. The van der Waals surface area contributed by atoms with Crippen molar-refractivity contribution in [3.63, 3.8) is 0 Å². The fourth-order valence-electron chi connectivity index (χ4n) is 2.25. The molecule has 2 N–H and O–H groups in total. The van der Waals surface area contributed by atoms with Gasteiger partial charge in [-0.2, -0.15) is 0 Å². The monoisotopic (exact) mass is 324 g/mol. The van der Waals surface area contributed by atoms with Crippen molar-refractivity contribution >= 4 is 23.8 Å². The zero-order chi connectivity index (χ0) is 16.2. The summed E-state index contributed by atoms with van der Waals surface area (Å²) in [6.07, 6.45) is 5.64. The van der Waals surface area contributed by atoms with Crippen molar-refractivity contribution in [2.24, 2.45) is 0 Å². The summed E-state index contributed by atoms with van der Waals surface area (Å²) in [6, 6.07) is 11.4. The highest BCUT2D eigenvalue weighted by Gasteiger charge is 2.06. The van der Waals surface area contributed by atoms with Gasteiger partial charge in [0.05, 0.1) is 6.42 Å². The molecule has 1 aromatic carbocycles. The van der Waals surface area contributed by atoms with Gasteiger partial charge in [0.25, 0.3) is 0 Å². The lowest BCUT2D eigenvalue weighted by atomic mass is 10.2. The van der Waals surface area contributed by atoms with Crippen LogP contribution in [-0.2, 0) is 11.2 Å². The third-order valence-electron chi connectivity index (χ3n) is 3.39. The van der Waals surface area contributed by atoms with Gasteiger partial charge in [0.15, 0.2) is 4.77 Å². The van der Waals surface area contributed by atoms with Gasteiger partial charge in [0.2, 0.25) is 5.91 Å². The first-order valence-corrected chi connectivity index (χ1v) is 7.60. The maximum absolute atomic E-state index is 12.2. The summed E-state index contributed by atoms with van der Waals surface area (Å²) in [6.45, 7) is 1.92. The van der Waals surface area contributed by atoms with Gasteiger partial charge in [-0.15, -0.1) is 0 Å². The van der Waals surface area contributed by atoms with Crippen LogP contribution in [0.15, 0.2) is 55.0 Å². The Balaban J connectivity index is 1.73. The van der Waals surface area contributed by atoms with E-state index in [0.29, 0.717) is 11.2 Å². The van der Waals surface area contributed by atoms with Crippen LogP contribution in [0.2, 0.25) is 0 Å². The Hall–Kier alpha value is -2.73. The first kappa shape index (κ1) is 15.2. The number of aromatic amines is 1. The molecule has 2 aromatic heterocycles. The van der Waals surface area contributed by atoms with E-state index in [-0.39, 0.29) is 5.91 Å². The predicted octanol–water partition coefficient (Wildman–Crippen LogP) is 3.42. The Kier molecular flexibility index (Phi) is 4.34. The van der Waals surface area contributed by atoms with Crippen LogP contribution in [-0.4, -0.2) is 20.4 Å². The number of carbonyl (C=O) groups is 1. The van der Waals surface area contributed by atoms with Gasteiger partial charge in [-0.1, -0.05) is 12.1 Å². The lowest BCUT2D eigenvalue weighted by Crippen LogP contribution is -2.14. The summed E-state index contributed by atoms with van der Waals surface area (Å²) in [5.41, 5.74) is 3.45. The van der Waals surface area contributed by atoms with E-state index in [2.05, 4.69) is 15.3 Å². The molecule has 5 nitrogen and oxygen atoms in total. The molecule has 2 heterocycles. The Morgan fingerprint density at radius 3 is 2.91 bits per heavy atom. The molecular weight excluding hydrogens is 308 g/mol. The van der Waals surface area contributed by atoms with Crippen molar-refractivity contribution in [2.45, 2.75) is 13.3 Å². The second-order valence-corrected chi connectivity index (χ2v) is 5.61. The van der Waals surface area contributed by atoms with Crippen molar-refractivity contribution in [3.05, 3.63) is 71.0 Å². The predicted molar refractivity (Wildman–Crippen MR) is 92.3 cm³/mol. The molecule has 3 aromatic rings. The summed E-state index contributed by atoms with van der Waals surface area (Å²) >= 11 is 5.21. The average molecular weight is 324 g/mol. The molecule has 3 rings (SSSR count). The summed E-state index contributed by atoms with van der Waals surface area (Å²) in [5, 5.41) is 2.90. The summed E-state index contributed by atoms with van der Waals surface area (Å²) in [7, 11) is 0. The van der Waals surface area contributed by atoms with Crippen molar-refractivity contribution in [3.8, 4) is 5.69 Å². The van der Waals surface area contributed by atoms with E-state index in [9.17, 15) is 4.79 Å². The van der Waals surface area contributed by atoms with Crippen molar-refractivity contribution in [1.82, 2.24) is 14.5 Å². The van der Waals surface area contributed by atoms with Crippen molar-refractivity contribution < 1.29 is 4.79 Å². The van der Waals surface area contributed by atoms with Crippen LogP contribution in [0.4, 0.5) is 5.69 Å². The number of benzene rings is 1. The molecule has 0 saturated carbocycles. The molecule has 0 atom stereocenters. The maximum Gasteiger partial charge on any atom is 0.228 e. The highest BCUT2D eigenvalue weighted by Crippen LogP contribution is 2.15. The molecule has 0 bridgehead atoms. The first-order valence-electron chi connectivity index (χ1n) is 7.20. The fourth-order valence-corrected chi connectivity index (χ4v) is 2.49. The number of hydrogen-bond acceptors (Lipinski definition) is 3. The molecule has 0 radical (unpaired) electrons. The van der Waals surface area contributed by atoms with Crippen LogP contribution >= 0.6 is 12.2 Å². The van der Waals surface area contributed by atoms with Gasteiger partial charge in [-0.05, 0) is 49.0 Å². The topological polar surface area (TPSA) is 62.7 Å². The summed E-state index contributed by atoms with van der Waals surface area (Å²) < 4.78 is 2.45. The molecule has 0 aliphatic heterocycles. The highest BCUT2D eigenvalue weighted by atomic mass is 32.1. The van der Waals surface area contributed by atoms with Crippen LogP contribution in [0.25, 0.3) is 5.69 Å². The van der Waals surface area contributed by atoms with E-state index in [1.807, 2.05) is 54.1 Å². The van der Waals surface area contributed by atoms with Crippen LogP contribution in [0, 0.1) is 11.7 Å². The lowest BCUT2D eigenvalue weighted by Gasteiger charge is -2.08. The largest absolute Gasteiger partial charge is 0.337 e. The third-order valence-corrected chi connectivity index (χ3v) is 3.71. The van der Waals surface area contributed by atoms with Crippen LogP contribution in [0.1, 0.15) is 11.3 Å². The normalized spacial score (nSPS) is 10.5. The Morgan fingerprint density at radius 2 is 2.22 bits per heavy atom. The van der Waals surface area contributed by atoms with E-state index in [1.54, 1.807) is 12.4 Å². The highest BCUT2D eigenvalue weighted by molar-refractivity contribution is 7.71. The smallest absolute Gasteiger partial charge is 0.228 e. The number of amides is 1. The molecular formula is C17H16N4OS. The number of rotatable bonds is 4. The lowest BCUT2D eigenvalue weighted by molar-refractivity contribution is -0.115. The number of aryl methyl sites for hydroxylation is 1. The standard InChI is InChI=1S/C17H16N4OS/c1-12-5-6-13(11-19-12)9-16(22)20-14-3-2-4-15(10-14)21-8-7-18-17(21)23/h2-8,10-11H,9H2,1H3,(H,18,23)(H,20,22). The van der Waals surface area contributed by atoms with Crippen molar-refractivity contribution in [2.75, 3.05) is 5.32 Å². The average Bonchev–Trinajstić information content (AvgIpc) is 2.96. The van der Waals surface area contributed by atoms with E-state index in [0.717, 1.165) is 22.6 Å². The van der Waals surface area contributed by atoms with E-state index in [1.165, 1.54) is 0 Å². The van der Waals surface area contributed by atoms with Gasteiger partial charge in [-0.25, -0.2) is 0 Å². The number of pyridine rings is 1. The Morgan fingerprint density at radius 1 is 1.35 bits per heavy atom. The SMILES string of the molecule is Cc1ccc(CC(=O)Nc2cccc(-n3cc[nH]c3=S)c2)cn1. The zero-order valence-corrected chi connectivity index (χ0v) is 13.4. The van der Waals surface area contributed by atoms with Crippen molar-refractivity contribution in [1.29, 1.82) is 0 Å². The number of H-pyrrole nitrogens is 1. The molecule has 0 aliphatic rings. The van der Waals surface area contributed by atoms with E-state index < -0.39 is 0 Å². The number of imidazole rings is 1. The second kappa shape index (κ2) is 6.58.